The summed E-state index contributed by atoms with van der Waals surface area (Å²) in [6.07, 6.45) is 3.75. The van der Waals surface area contributed by atoms with Crippen LogP contribution in [0.2, 0.25) is 0 Å². The van der Waals surface area contributed by atoms with Crippen molar-refractivity contribution in [3.05, 3.63) is 22.9 Å². The molecule has 16 heavy (non-hydrogen) atoms. The Morgan fingerprint density at radius 2 is 1.81 bits per heavy atom. The van der Waals surface area contributed by atoms with E-state index in [-0.39, 0.29) is 11.0 Å². The molecule has 0 aromatic carbocycles. The second kappa shape index (κ2) is 4.41. The minimum absolute atomic E-state index is 0.114. The smallest absolute Gasteiger partial charge is 0.132 e. The first-order valence-corrected chi connectivity index (χ1v) is 5.31. The molecule has 0 fully saturated rings. The lowest BCUT2D eigenvalue weighted by atomic mass is 9.76. The van der Waals surface area contributed by atoms with Gasteiger partial charge in [-0.05, 0) is 29.9 Å². The average molecular weight is 215 g/mol. The molecular weight excluding hydrogens is 198 g/mol. The quantitative estimate of drug-likeness (QED) is 0.632. The van der Waals surface area contributed by atoms with Crippen molar-refractivity contribution in [3.8, 4) is 12.1 Å². The molecule has 1 rings (SSSR count). The fourth-order valence-electron chi connectivity index (χ4n) is 1.99. The van der Waals surface area contributed by atoms with E-state index in [0.717, 1.165) is 18.4 Å². The van der Waals surface area contributed by atoms with Crippen molar-refractivity contribution in [2.75, 3.05) is 14.1 Å². The van der Waals surface area contributed by atoms with Crippen molar-refractivity contribution in [2.45, 2.75) is 26.7 Å². The lowest BCUT2D eigenvalue weighted by Gasteiger charge is -2.34. The van der Waals surface area contributed by atoms with Crippen LogP contribution in [0.4, 0.5) is 0 Å². The minimum atomic E-state index is 0.114. The van der Waals surface area contributed by atoms with E-state index in [2.05, 4.69) is 13.8 Å². The van der Waals surface area contributed by atoms with Crippen molar-refractivity contribution in [2.24, 2.45) is 5.41 Å². The van der Waals surface area contributed by atoms with Crippen LogP contribution in [0, 0.1) is 28.1 Å². The van der Waals surface area contributed by atoms with Gasteiger partial charge in [0.2, 0.25) is 0 Å². The summed E-state index contributed by atoms with van der Waals surface area (Å²) in [5.41, 5.74) is 2.40. The molecule has 0 saturated carbocycles. The van der Waals surface area contributed by atoms with Gasteiger partial charge in [-0.25, -0.2) is 0 Å². The van der Waals surface area contributed by atoms with Gasteiger partial charge in [-0.2, -0.15) is 10.5 Å². The summed E-state index contributed by atoms with van der Waals surface area (Å²) in [6, 6.07) is 3.95. The van der Waals surface area contributed by atoms with Crippen LogP contribution in [0.25, 0.3) is 0 Å². The summed E-state index contributed by atoms with van der Waals surface area (Å²) in [5, 5.41) is 17.8. The molecule has 84 valence electrons. The van der Waals surface area contributed by atoms with Gasteiger partial charge in [-0.1, -0.05) is 13.8 Å². The Kier molecular flexibility index (Phi) is 3.40. The molecule has 0 aromatic rings. The van der Waals surface area contributed by atoms with E-state index in [1.807, 2.05) is 37.2 Å². The third-order valence-corrected chi connectivity index (χ3v) is 2.79. The average Bonchev–Trinajstić information content (AvgIpc) is 2.17. The molecule has 0 bridgehead atoms. The Bertz CT molecular complexity index is 409. The van der Waals surface area contributed by atoms with Gasteiger partial charge in [0.05, 0.1) is 0 Å². The second-order valence-electron chi connectivity index (χ2n) is 5.17. The van der Waals surface area contributed by atoms with E-state index in [1.54, 1.807) is 0 Å². The lowest BCUT2D eigenvalue weighted by molar-refractivity contribution is 0.308. The largest absolute Gasteiger partial charge is 0.381 e. The molecule has 0 heterocycles. The van der Waals surface area contributed by atoms with E-state index >= 15 is 0 Å². The summed E-state index contributed by atoms with van der Waals surface area (Å²) in [7, 11) is 3.98. The second-order valence-corrected chi connectivity index (χ2v) is 5.17. The Morgan fingerprint density at radius 1 is 1.25 bits per heavy atom. The fraction of sp³-hybridized carbons (Fsp3) is 0.538. The Morgan fingerprint density at radius 3 is 2.25 bits per heavy atom. The number of nitrogens with zero attached hydrogens (tertiary/aromatic N) is 3. The standard InChI is InChI=1S/C13H17N3/c1-13(2)6-10(11(8-14)9-15)5-12(7-13)16(3)4/h5H,6-7H2,1-4H3. The summed E-state index contributed by atoms with van der Waals surface area (Å²) >= 11 is 0. The van der Waals surface area contributed by atoms with Gasteiger partial charge in [0.25, 0.3) is 0 Å². The van der Waals surface area contributed by atoms with Crippen molar-refractivity contribution >= 4 is 0 Å². The van der Waals surface area contributed by atoms with Gasteiger partial charge in [0, 0.05) is 19.8 Å². The van der Waals surface area contributed by atoms with Crippen molar-refractivity contribution in [1.29, 1.82) is 10.5 Å². The number of allylic oxidation sites excluding steroid dienone is 4. The van der Waals surface area contributed by atoms with Gasteiger partial charge in [0.15, 0.2) is 0 Å². The van der Waals surface area contributed by atoms with E-state index in [9.17, 15) is 0 Å². The summed E-state index contributed by atoms with van der Waals surface area (Å²) < 4.78 is 0. The highest BCUT2D eigenvalue weighted by atomic mass is 15.1. The maximum Gasteiger partial charge on any atom is 0.132 e. The zero-order valence-corrected chi connectivity index (χ0v) is 10.3. The third kappa shape index (κ3) is 2.64. The number of hydrogen-bond acceptors (Lipinski definition) is 3. The van der Waals surface area contributed by atoms with Crippen LogP contribution in [-0.2, 0) is 0 Å². The predicted octanol–water partition coefficient (Wildman–Crippen LogP) is 2.60. The number of hydrogen-bond donors (Lipinski definition) is 0. The number of nitriles is 2. The van der Waals surface area contributed by atoms with Gasteiger partial charge in [-0.3, -0.25) is 0 Å². The van der Waals surface area contributed by atoms with E-state index in [1.165, 1.54) is 5.70 Å². The summed E-state index contributed by atoms with van der Waals surface area (Å²) in [4.78, 5) is 2.05. The fourth-order valence-corrected chi connectivity index (χ4v) is 1.99. The molecule has 3 heteroatoms. The highest BCUT2D eigenvalue weighted by molar-refractivity contribution is 5.47. The molecule has 0 aliphatic heterocycles. The molecule has 0 spiro atoms. The molecule has 1 aliphatic rings. The highest BCUT2D eigenvalue weighted by Gasteiger charge is 2.27. The van der Waals surface area contributed by atoms with Crippen LogP contribution >= 0.6 is 0 Å². The number of rotatable bonds is 1. The molecule has 0 atom stereocenters. The summed E-state index contributed by atoms with van der Waals surface area (Å²) in [6.45, 7) is 4.33. The van der Waals surface area contributed by atoms with Crippen LogP contribution in [0.15, 0.2) is 22.9 Å². The molecule has 0 unspecified atom stereocenters. The molecule has 0 aromatic heterocycles. The van der Waals surface area contributed by atoms with Crippen LogP contribution in [0.3, 0.4) is 0 Å². The Hall–Kier alpha value is -1.74. The Labute approximate surface area is 97.3 Å². The third-order valence-electron chi connectivity index (χ3n) is 2.79. The van der Waals surface area contributed by atoms with Gasteiger partial charge >= 0.3 is 0 Å². The zero-order chi connectivity index (χ0) is 12.3. The van der Waals surface area contributed by atoms with Crippen LogP contribution in [0.5, 0.6) is 0 Å². The van der Waals surface area contributed by atoms with E-state index in [4.69, 9.17) is 10.5 Å². The molecule has 0 N–H and O–H groups in total. The first kappa shape index (κ1) is 12.3. The minimum Gasteiger partial charge on any atom is -0.381 e. The molecule has 3 nitrogen and oxygen atoms in total. The molecular formula is C13H17N3. The van der Waals surface area contributed by atoms with Crippen LogP contribution in [-0.4, -0.2) is 19.0 Å². The van der Waals surface area contributed by atoms with Crippen LogP contribution < -0.4 is 0 Å². The van der Waals surface area contributed by atoms with Crippen molar-refractivity contribution in [3.63, 3.8) is 0 Å². The monoisotopic (exact) mass is 215 g/mol. The first-order valence-electron chi connectivity index (χ1n) is 5.31. The topological polar surface area (TPSA) is 50.8 Å². The van der Waals surface area contributed by atoms with Gasteiger partial charge in [0.1, 0.15) is 17.7 Å². The van der Waals surface area contributed by atoms with Gasteiger partial charge < -0.3 is 4.90 Å². The van der Waals surface area contributed by atoms with Crippen molar-refractivity contribution in [1.82, 2.24) is 4.90 Å². The van der Waals surface area contributed by atoms with Gasteiger partial charge in [-0.15, -0.1) is 0 Å². The first-order chi connectivity index (χ1) is 7.39. The zero-order valence-electron chi connectivity index (χ0n) is 10.3. The van der Waals surface area contributed by atoms with Crippen LogP contribution in [0.1, 0.15) is 26.7 Å². The molecule has 0 amide bonds. The molecule has 0 radical (unpaired) electrons. The normalized spacial score (nSPS) is 18.1. The SMILES string of the molecule is CN(C)C1=CC(=C(C#N)C#N)CC(C)(C)C1. The van der Waals surface area contributed by atoms with E-state index in [0.29, 0.717) is 0 Å². The Balaban J connectivity index is 3.24. The molecule has 1 aliphatic carbocycles. The maximum atomic E-state index is 8.90. The molecule has 0 saturated heterocycles. The lowest BCUT2D eigenvalue weighted by Crippen LogP contribution is -2.24. The predicted molar refractivity (Wildman–Crippen MR) is 63.0 cm³/mol. The van der Waals surface area contributed by atoms with E-state index < -0.39 is 0 Å². The van der Waals surface area contributed by atoms with Crippen molar-refractivity contribution < 1.29 is 0 Å². The highest BCUT2D eigenvalue weighted by Crippen LogP contribution is 2.39. The summed E-state index contributed by atoms with van der Waals surface area (Å²) in [5.74, 6) is 0. The maximum absolute atomic E-state index is 8.90.